The normalized spacial score (nSPS) is 16.0. The summed E-state index contributed by atoms with van der Waals surface area (Å²) in [6, 6.07) is 0. The van der Waals surface area contributed by atoms with Crippen molar-refractivity contribution in [3.63, 3.8) is 0 Å². The van der Waals surface area contributed by atoms with Crippen LogP contribution in [0, 0.1) is 0 Å². The summed E-state index contributed by atoms with van der Waals surface area (Å²) in [5, 5.41) is 0. The smallest absolute Gasteiger partial charge is 0.0145 e. The largest absolute Gasteiger partial charge is 0.0894 e. The molecule has 74 valence electrons. The number of halogens is 2. The molecular weight excluding hydrogens is 280 g/mol. The first kappa shape index (κ1) is 13.0. The Kier molecular flexibility index (Phi) is 9.24. The van der Waals surface area contributed by atoms with Crippen LogP contribution in [0.4, 0.5) is 0 Å². The molecule has 0 spiro atoms. The summed E-state index contributed by atoms with van der Waals surface area (Å²) >= 11 is 7.25. The van der Waals surface area contributed by atoms with Gasteiger partial charge in [0.1, 0.15) is 0 Å². The fraction of sp³-hybridized carbons (Fsp3) is 1.00. The molecule has 0 saturated heterocycles. The van der Waals surface area contributed by atoms with Crippen LogP contribution in [0.2, 0.25) is 0 Å². The summed E-state index contributed by atoms with van der Waals surface area (Å²) in [6.07, 6.45) is 8.00. The van der Waals surface area contributed by atoms with Crippen LogP contribution in [0.15, 0.2) is 0 Å². The van der Waals surface area contributed by atoms with E-state index in [1.165, 1.54) is 38.5 Å². The zero-order valence-electron chi connectivity index (χ0n) is 8.15. The highest BCUT2D eigenvalue weighted by Gasteiger charge is 2.02. The van der Waals surface area contributed by atoms with Crippen LogP contribution < -0.4 is 0 Å². The van der Waals surface area contributed by atoms with Crippen molar-refractivity contribution in [1.82, 2.24) is 0 Å². The van der Waals surface area contributed by atoms with Crippen LogP contribution >= 0.6 is 31.9 Å². The molecule has 0 N–H and O–H groups in total. The molecule has 0 saturated carbocycles. The Bertz CT molecular complexity index is 91.8. The third-order valence-electron chi connectivity index (χ3n) is 1.97. The lowest BCUT2D eigenvalue weighted by atomic mass is 10.1. The maximum Gasteiger partial charge on any atom is 0.0145 e. The van der Waals surface area contributed by atoms with Gasteiger partial charge < -0.3 is 0 Å². The fourth-order valence-corrected chi connectivity index (χ4v) is 2.35. The van der Waals surface area contributed by atoms with E-state index in [4.69, 9.17) is 0 Å². The maximum absolute atomic E-state index is 3.69. The lowest BCUT2D eigenvalue weighted by molar-refractivity contribution is 0.606. The molecule has 0 aliphatic rings. The molecule has 2 unspecified atom stereocenters. The molecule has 0 bridgehead atoms. The van der Waals surface area contributed by atoms with Crippen molar-refractivity contribution in [2.75, 3.05) is 0 Å². The Morgan fingerprint density at radius 1 is 1.00 bits per heavy atom. The van der Waals surface area contributed by atoms with Crippen LogP contribution in [-0.4, -0.2) is 9.65 Å². The second-order valence-corrected chi connectivity index (χ2v) is 6.31. The molecule has 0 heterocycles. The number of hydrogen-bond donors (Lipinski definition) is 0. The molecule has 2 heteroatoms. The van der Waals surface area contributed by atoms with Crippen molar-refractivity contribution in [3.05, 3.63) is 0 Å². The summed E-state index contributed by atoms with van der Waals surface area (Å²) in [6.45, 7) is 4.46. The van der Waals surface area contributed by atoms with Crippen molar-refractivity contribution >= 4 is 31.9 Å². The van der Waals surface area contributed by atoms with E-state index in [0.717, 1.165) is 4.83 Å². The van der Waals surface area contributed by atoms with Crippen molar-refractivity contribution in [2.45, 2.75) is 62.0 Å². The highest BCUT2D eigenvalue weighted by atomic mass is 79.9. The average molecular weight is 300 g/mol. The minimum Gasteiger partial charge on any atom is -0.0894 e. The summed E-state index contributed by atoms with van der Waals surface area (Å²) in [4.78, 5) is 1.45. The zero-order chi connectivity index (χ0) is 9.40. The van der Waals surface area contributed by atoms with E-state index in [9.17, 15) is 0 Å². The first-order valence-corrected chi connectivity index (χ1v) is 6.78. The summed E-state index contributed by atoms with van der Waals surface area (Å²) < 4.78 is 0. The van der Waals surface area contributed by atoms with Crippen LogP contribution in [0.5, 0.6) is 0 Å². The fourth-order valence-electron chi connectivity index (χ4n) is 1.25. The maximum atomic E-state index is 3.69. The van der Waals surface area contributed by atoms with Gasteiger partial charge in [0.2, 0.25) is 0 Å². The lowest BCUT2D eigenvalue weighted by Crippen LogP contribution is -1.97. The minimum absolute atomic E-state index is 0.692. The van der Waals surface area contributed by atoms with Gasteiger partial charge in [-0.2, -0.15) is 0 Å². The quantitative estimate of drug-likeness (QED) is 0.463. The second-order valence-electron chi connectivity index (χ2n) is 3.45. The molecule has 0 rings (SSSR count). The van der Waals surface area contributed by atoms with Gasteiger partial charge in [-0.05, 0) is 19.3 Å². The van der Waals surface area contributed by atoms with E-state index in [-0.39, 0.29) is 0 Å². The molecule has 0 aliphatic heterocycles. The van der Waals surface area contributed by atoms with Crippen LogP contribution in [-0.2, 0) is 0 Å². The predicted octanol–water partition coefficient (Wildman–Crippen LogP) is 4.89. The standard InChI is InChI=1S/C10H20Br2/c1-3-6-10(12)8-5-4-7-9(2)11/h9-10H,3-8H2,1-2H3. The first-order valence-electron chi connectivity index (χ1n) is 4.95. The molecular formula is C10H20Br2. The summed E-state index contributed by atoms with van der Waals surface area (Å²) in [5.41, 5.74) is 0. The molecule has 0 aromatic rings. The van der Waals surface area contributed by atoms with Crippen LogP contribution in [0.3, 0.4) is 0 Å². The molecule has 0 radical (unpaired) electrons. The Hall–Kier alpha value is 0.960. The van der Waals surface area contributed by atoms with Gasteiger partial charge in [0.25, 0.3) is 0 Å². The van der Waals surface area contributed by atoms with Gasteiger partial charge in [-0.25, -0.2) is 0 Å². The summed E-state index contributed by atoms with van der Waals surface area (Å²) in [5.74, 6) is 0. The van der Waals surface area contributed by atoms with E-state index in [2.05, 4.69) is 45.7 Å². The van der Waals surface area contributed by atoms with E-state index >= 15 is 0 Å². The summed E-state index contributed by atoms with van der Waals surface area (Å²) in [7, 11) is 0. The Morgan fingerprint density at radius 2 is 1.58 bits per heavy atom. The average Bonchev–Trinajstić information content (AvgIpc) is 1.98. The van der Waals surface area contributed by atoms with Gasteiger partial charge in [-0.1, -0.05) is 65.0 Å². The topological polar surface area (TPSA) is 0 Å². The van der Waals surface area contributed by atoms with Gasteiger partial charge >= 0.3 is 0 Å². The number of hydrogen-bond acceptors (Lipinski definition) is 0. The second kappa shape index (κ2) is 8.55. The van der Waals surface area contributed by atoms with E-state index < -0.39 is 0 Å². The van der Waals surface area contributed by atoms with Crippen LogP contribution in [0.25, 0.3) is 0 Å². The van der Waals surface area contributed by atoms with Gasteiger partial charge in [0.05, 0.1) is 0 Å². The highest BCUT2D eigenvalue weighted by Crippen LogP contribution is 2.17. The van der Waals surface area contributed by atoms with Crippen molar-refractivity contribution in [2.24, 2.45) is 0 Å². The Balaban J connectivity index is 3.08. The van der Waals surface area contributed by atoms with E-state index in [1.807, 2.05) is 0 Å². The van der Waals surface area contributed by atoms with Gasteiger partial charge in [0.15, 0.2) is 0 Å². The first-order chi connectivity index (χ1) is 5.66. The lowest BCUT2D eigenvalue weighted by Gasteiger charge is -2.08. The third kappa shape index (κ3) is 9.05. The molecule has 12 heavy (non-hydrogen) atoms. The van der Waals surface area contributed by atoms with E-state index in [1.54, 1.807) is 0 Å². The van der Waals surface area contributed by atoms with Crippen molar-refractivity contribution < 1.29 is 0 Å². The molecule has 2 atom stereocenters. The van der Waals surface area contributed by atoms with Gasteiger partial charge in [0, 0.05) is 9.65 Å². The molecule has 0 aromatic heterocycles. The monoisotopic (exact) mass is 298 g/mol. The third-order valence-corrected chi connectivity index (χ3v) is 3.34. The van der Waals surface area contributed by atoms with Crippen LogP contribution in [0.1, 0.15) is 52.4 Å². The molecule has 0 aliphatic carbocycles. The zero-order valence-corrected chi connectivity index (χ0v) is 11.3. The highest BCUT2D eigenvalue weighted by molar-refractivity contribution is 9.09. The molecule has 0 fully saturated rings. The number of alkyl halides is 2. The van der Waals surface area contributed by atoms with Gasteiger partial charge in [-0.15, -0.1) is 0 Å². The number of unbranched alkanes of at least 4 members (excludes halogenated alkanes) is 1. The molecule has 0 nitrogen and oxygen atoms in total. The molecule has 0 amide bonds. The van der Waals surface area contributed by atoms with E-state index in [0.29, 0.717) is 4.83 Å². The number of rotatable bonds is 7. The van der Waals surface area contributed by atoms with Gasteiger partial charge in [-0.3, -0.25) is 0 Å². The minimum atomic E-state index is 0.692. The van der Waals surface area contributed by atoms with Crippen molar-refractivity contribution in [3.8, 4) is 0 Å². The Labute approximate surface area is 93.8 Å². The SMILES string of the molecule is CCCC(Br)CCCCC(C)Br. The predicted molar refractivity (Wildman–Crippen MR) is 64.5 cm³/mol. The molecule has 0 aromatic carbocycles. The Morgan fingerprint density at radius 3 is 2.08 bits per heavy atom. The van der Waals surface area contributed by atoms with Crippen molar-refractivity contribution in [1.29, 1.82) is 0 Å².